The third kappa shape index (κ3) is 9.63. The van der Waals surface area contributed by atoms with E-state index in [0.717, 1.165) is 0 Å². The SMILES string of the molecule is CN[C@@H](CCC(=O)N[C@@H](CSC(=O)O)C(=O)NCC(=O)O)C(=O)O. The number of carbonyl (C=O) groups is 5. The molecule has 0 bridgehead atoms. The fraction of sp³-hybridized carbons (Fsp3) is 0.583. The van der Waals surface area contributed by atoms with Crippen LogP contribution in [0.3, 0.4) is 0 Å². The molecule has 0 rings (SSSR count). The van der Waals surface area contributed by atoms with Gasteiger partial charge in [-0.15, -0.1) is 0 Å². The van der Waals surface area contributed by atoms with Crippen molar-refractivity contribution < 1.29 is 39.3 Å². The second-order valence-corrected chi connectivity index (χ2v) is 5.50. The Hall–Kier alpha value is -2.34. The Morgan fingerprint density at radius 3 is 2.12 bits per heavy atom. The normalized spacial score (nSPS) is 12.7. The highest BCUT2D eigenvalue weighted by Crippen LogP contribution is 2.05. The predicted molar refractivity (Wildman–Crippen MR) is 82.8 cm³/mol. The van der Waals surface area contributed by atoms with Gasteiger partial charge in [0.1, 0.15) is 18.6 Å². The first-order valence-electron chi connectivity index (χ1n) is 6.72. The van der Waals surface area contributed by atoms with Crippen molar-refractivity contribution in [2.24, 2.45) is 0 Å². The number of hydrogen-bond acceptors (Lipinski definition) is 7. The van der Waals surface area contributed by atoms with Crippen LogP contribution >= 0.6 is 11.8 Å². The molecular formula is C12H19N3O8S. The van der Waals surface area contributed by atoms with Gasteiger partial charge in [0.25, 0.3) is 0 Å². The number of hydrogen-bond donors (Lipinski definition) is 6. The summed E-state index contributed by atoms with van der Waals surface area (Å²) in [5, 5.41) is 31.5. The Bertz CT molecular complexity index is 499. The van der Waals surface area contributed by atoms with Crippen LogP contribution in [0.4, 0.5) is 4.79 Å². The maximum Gasteiger partial charge on any atom is 0.364 e. The van der Waals surface area contributed by atoms with Crippen molar-refractivity contribution in [3.8, 4) is 0 Å². The van der Waals surface area contributed by atoms with Crippen LogP contribution in [0.25, 0.3) is 0 Å². The Balaban J connectivity index is 4.63. The second kappa shape index (κ2) is 11.2. The molecule has 12 heteroatoms. The van der Waals surface area contributed by atoms with Crippen LogP contribution in [0.2, 0.25) is 0 Å². The average Bonchev–Trinajstić information content (AvgIpc) is 2.48. The van der Waals surface area contributed by atoms with Crippen molar-refractivity contribution in [1.29, 1.82) is 0 Å². The van der Waals surface area contributed by atoms with Gasteiger partial charge in [-0.3, -0.25) is 19.2 Å². The zero-order valence-electron chi connectivity index (χ0n) is 12.8. The van der Waals surface area contributed by atoms with E-state index in [-0.39, 0.29) is 18.6 Å². The van der Waals surface area contributed by atoms with Gasteiger partial charge in [-0.1, -0.05) is 0 Å². The summed E-state index contributed by atoms with van der Waals surface area (Å²) in [7, 11) is 1.42. The van der Waals surface area contributed by atoms with Gasteiger partial charge in [0, 0.05) is 12.2 Å². The van der Waals surface area contributed by atoms with Crippen LogP contribution < -0.4 is 16.0 Å². The summed E-state index contributed by atoms with van der Waals surface area (Å²) in [5.41, 5.74) is 0. The Labute approximate surface area is 141 Å². The molecule has 0 aromatic rings. The van der Waals surface area contributed by atoms with Crippen LogP contribution in [0.15, 0.2) is 0 Å². The average molecular weight is 365 g/mol. The van der Waals surface area contributed by atoms with Gasteiger partial charge in [0.05, 0.1) is 0 Å². The van der Waals surface area contributed by atoms with E-state index < -0.39 is 47.7 Å². The van der Waals surface area contributed by atoms with E-state index in [2.05, 4.69) is 10.6 Å². The molecule has 0 radical (unpaired) electrons. The first-order valence-corrected chi connectivity index (χ1v) is 7.70. The van der Waals surface area contributed by atoms with Gasteiger partial charge in [-0.05, 0) is 25.2 Å². The maximum absolute atomic E-state index is 11.8. The van der Waals surface area contributed by atoms with Crippen molar-refractivity contribution in [3.63, 3.8) is 0 Å². The van der Waals surface area contributed by atoms with Crippen LogP contribution in [-0.4, -0.2) is 75.8 Å². The lowest BCUT2D eigenvalue weighted by molar-refractivity contribution is -0.139. The standard InChI is InChI=1S/C12H19N3O8S/c1-13-6(11(20)21)2-3-8(16)15-7(5-24-12(22)23)10(19)14-4-9(17)18/h6-7,13H,2-5H2,1H3,(H,14,19)(H,15,16)(H,17,18)(H,20,21)(H,22,23)/t6-,7-/m0/s1. The number of aliphatic carboxylic acids is 2. The molecular weight excluding hydrogens is 346 g/mol. The Morgan fingerprint density at radius 1 is 1.04 bits per heavy atom. The number of rotatable bonds is 11. The molecule has 0 aliphatic rings. The lowest BCUT2D eigenvalue weighted by Crippen LogP contribution is -2.49. The van der Waals surface area contributed by atoms with Gasteiger partial charge in [0.2, 0.25) is 11.8 Å². The monoisotopic (exact) mass is 365 g/mol. The number of amides is 2. The topological polar surface area (TPSA) is 182 Å². The molecule has 0 fully saturated rings. The summed E-state index contributed by atoms with van der Waals surface area (Å²) in [5.74, 6) is -4.23. The molecule has 0 spiro atoms. The van der Waals surface area contributed by atoms with Gasteiger partial charge < -0.3 is 31.3 Å². The van der Waals surface area contributed by atoms with Crippen molar-refractivity contribution in [3.05, 3.63) is 0 Å². The highest BCUT2D eigenvalue weighted by atomic mass is 32.2. The minimum atomic E-state index is -1.29. The molecule has 0 aliphatic heterocycles. The van der Waals surface area contributed by atoms with E-state index in [0.29, 0.717) is 11.8 Å². The van der Waals surface area contributed by atoms with Crippen LogP contribution in [-0.2, 0) is 19.2 Å². The Kier molecular flexibility index (Phi) is 10.1. The quantitative estimate of drug-likeness (QED) is 0.253. The van der Waals surface area contributed by atoms with Gasteiger partial charge in [-0.25, -0.2) is 4.79 Å². The van der Waals surface area contributed by atoms with Gasteiger partial charge in [0.15, 0.2) is 0 Å². The van der Waals surface area contributed by atoms with Crippen LogP contribution in [0.1, 0.15) is 12.8 Å². The van der Waals surface area contributed by atoms with Crippen LogP contribution in [0.5, 0.6) is 0 Å². The number of carbonyl (C=O) groups excluding carboxylic acids is 2. The first-order chi connectivity index (χ1) is 11.2. The molecule has 0 aromatic heterocycles. The minimum absolute atomic E-state index is 0.0345. The highest BCUT2D eigenvalue weighted by Gasteiger charge is 2.23. The fourth-order valence-corrected chi connectivity index (χ4v) is 2.10. The highest BCUT2D eigenvalue weighted by molar-refractivity contribution is 8.13. The summed E-state index contributed by atoms with van der Waals surface area (Å²) < 4.78 is 0. The smallest absolute Gasteiger partial charge is 0.364 e. The molecule has 0 saturated heterocycles. The largest absolute Gasteiger partial charge is 0.480 e. The van der Waals surface area contributed by atoms with Crippen molar-refractivity contribution in [2.45, 2.75) is 24.9 Å². The molecule has 0 heterocycles. The molecule has 0 aromatic carbocycles. The minimum Gasteiger partial charge on any atom is -0.480 e. The van der Waals surface area contributed by atoms with Gasteiger partial charge in [-0.2, -0.15) is 0 Å². The van der Waals surface area contributed by atoms with Crippen molar-refractivity contribution >= 4 is 40.8 Å². The predicted octanol–water partition coefficient (Wildman–Crippen LogP) is -1.46. The summed E-state index contributed by atoms with van der Waals surface area (Å²) in [6.45, 7) is -0.677. The molecule has 2 amide bonds. The fourth-order valence-electron chi connectivity index (χ4n) is 1.56. The summed E-state index contributed by atoms with van der Waals surface area (Å²) in [4.78, 5) is 55.4. The van der Waals surface area contributed by atoms with E-state index in [1.54, 1.807) is 0 Å². The van der Waals surface area contributed by atoms with Gasteiger partial charge >= 0.3 is 17.2 Å². The number of carboxylic acid groups (broad SMARTS) is 3. The third-order valence-electron chi connectivity index (χ3n) is 2.75. The molecule has 11 nitrogen and oxygen atoms in total. The summed E-state index contributed by atoms with van der Waals surface area (Å²) in [6, 6.07) is -2.20. The van der Waals surface area contributed by atoms with E-state index in [1.807, 2.05) is 5.32 Å². The lowest BCUT2D eigenvalue weighted by Gasteiger charge is -2.17. The Morgan fingerprint density at radius 2 is 1.67 bits per heavy atom. The van der Waals surface area contributed by atoms with Crippen molar-refractivity contribution in [1.82, 2.24) is 16.0 Å². The maximum atomic E-state index is 11.8. The number of carboxylic acids is 2. The molecule has 24 heavy (non-hydrogen) atoms. The third-order valence-corrected chi connectivity index (χ3v) is 3.49. The zero-order valence-corrected chi connectivity index (χ0v) is 13.6. The van der Waals surface area contributed by atoms with E-state index in [1.165, 1.54) is 7.05 Å². The molecule has 0 saturated carbocycles. The summed E-state index contributed by atoms with van der Waals surface area (Å²) >= 11 is 0.365. The molecule has 6 N–H and O–H groups in total. The van der Waals surface area contributed by atoms with E-state index in [4.69, 9.17) is 15.3 Å². The summed E-state index contributed by atoms with van der Waals surface area (Å²) in [6.07, 6.45) is -0.245. The number of likely N-dealkylation sites (N-methyl/N-ethyl adjacent to an activating group) is 1. The molecule has 136 valence electrons. The second-order valence-electron chi connectivity index (χ2n) is 4.53. The van der Waals surface area contributed by atoms with Crippen molar-refractivity contribution in [2.75, 3.05) is 19.3 Å². The molecule has 0 aliphatic carbocycles. The lowest BCUT2D eigenvalue weighted by atomic mass is 10.1. The van der Waals surface area contributed by atoms with E-state index >= 15 is 0 Å². The number of thioether (sulfide) groups is 1. The zero-order chi connectivity index (χ0) is 18.7. The van der Waals surface area contributed by atoms with E-state index in [9.17, 15) is 24.0 Å². The molecule has 2 atom stereocenters. The molecule has 0 unspecified atom stereocenters. The van der Waals surface area contributed by atoms with Crippen LogP contribution in [0, 0.1) is 0 Å². The number of nitrogens with one attached hydrogen (secondary N) is 3. The first kappa shape index (κ1) is 21.7.